The van der Waals surface area contributed by atoms with Crippen LogP contribution in [-0.4, -0.2) is 11.3 Å². The number of nitrogens with zero attached hydrogens (tertiary/aromatic N) is 1. The van der Waals surface area contributed by atoms with Crippen molar-refractivity contribution >= 4 is 12.4 Å². The van der Waals surface area contributed by atoms with Crippen molar-refractivity contribution in [2.75, 3.05) is 0 Å². The summed E-state index contributed by atoms with van der Waals surface area (Å²) >= 11 is 0. The van der Waals surface area contributed by atoms with Gasteiger partial charge in [0.1, 0.15) is 6.29 Å². The van der Waals surface area contributed by atoms with Gasteiger partial charge in [-0.25, -0.2) is 0 Å². The Bertz CT molecular complexity index is 328. The molecule has 0 fully saturated rings. The summed E-state index contributed by atoms with van der Waals surface area (Å²) in [6, 6.07) is 1.92. The number of aromatic nitrogens is 1. The molecular formula is C9H7NO. The van der Waals surface area contributed by atoms with Gasteiger partial charge in [-0.3, -0.25) is 9.78 Å². The number of carbonyl (C=O) groups is 1. The fourth-order valence-corrected chi connectivity index (χ4v) is 1.27. The van der Waals surface area contributed by atoms with Crippen molar-refractivity contribution in [2.24, 2.45) is 0 Å². The number of fused-ring (bicyclic) bond motifs is 1. The Labute approximate surface area is 64.6 Å². The SMILES string of the molecule is O=CC1=Cc2ccncc2C1. The van der Waals surface area contributed by atoms with Crippen LogP contribution in [0.2, 0.25) is 0 Å². The number of carbonyl (C=O) groups excluding carboxylic acids is 1. The van der Waals surface area contributed by atoms with Gasteiger partial charge in [0.2, 0.25) is 0 Å². The number of hydrogen-bond donors (Lipinski definition) is 0. The molecule has 1 heterocycles. The lowest BCUT2D eigenvalue weighted by Gasteiger charge is -1.92. The van der Waals surface area contributed by atoms with Crippen molar-refractivity contribution in [3.05, 3.63) is 35.2 Å². The highest BCUT2D eigenvalue weighted by Crippen LogP contribution is 2.21. The lowest BCUT2D eigenvalue weighted by molar-refractivity contribution is -0.104. The maximum Gasteiger partial charge on any atom is 0.146 e. The second kappa shape index (κ2) is 2.31. The van der Waals surface area contributed by atoms with Crippen LogP contribution in [0.5, 0.6) is 0 Å². The Morgan fingerprint density at radius 1 is 1.55 bits per heavy atom. The van der Waals surface area contributed by atoms with Gasteiger partial charge in [-0.1, -0.05) is 0 Å². The van der Waals surface area contributed by atoms with Gasteiger partial charge in [0.25, 0.3) is 0 Å². The molecule has 0 saturated carbocycles. The Balaban J connectivity index is 2.47. The minimum Gasteiger partial charge on any atom is -0.298 e. The maximum atomic E-state index is 10.4. The molecule has 0 N–H and O–H groups in total. The summed E-state index contributed by atoms with van der Waals surface area (Å²) < 4.78 is 0. The molecule has 0 spiro atoms. The third kappa shape index (κ3) is 0.963. The first-order chi connectivity index (χ1) is 5.40. The lowest BCUT2D eigenvalue weighted by atomic mass is 10.2. The average molecular weight is 145 g/mol. The predicted molar refractivity (Wildman–Crippen MR) is 42.0 cm³/mol. The lowest BCUT2D eigenvalue weighted by Crippen LogP contribution is -1.85. The zero-order valence-corrected chi connectivity index (χ0v) is 5.95. The van der Waals surface area contributed by atoms with Gasteiger partial charge in [0, 0.05) is 18.8 Å². The van der Waals surface area contributed by atoms with Crippen LogP contribution in [-0.2, 0) is 11.2 Å². The molecule has 0 atom stereocenters. The van der Waals surface area contributed by atoms with Crippen molar-refractivity contribution in [1.82, 2.24) is 4.98 Å². The second-order valence-electron chi connectivity index (χ2n) is 2.59. The molecule has 1 aliphatic carbocycles. The molecule has 0 bridgehead atoms. The van der Waals surface area contributed by atoms with Gasteiger partial charge in [-0.15, -0.1) is 0 Å². The smallest absolute Gasteiger partial charge is 0.146 e. The first-order valence-electron chi connectivity index (χ1n) is 3.49. The molecule has 0 aromatic carbocycles. The molecule has 11 heavy (non-hydrogen) atoms. The summed E-state index contributed by atoms with van der Waals surface area (Å²) in [6.45, 7) is 0. The van der Waals surface area contributed by atoms with Crippen LogP contribution >= 0.6 is 0 Å². The molecule has 2 heteroatoms. The summed E-state index contributed by atoms with van der Waals surface area (Å²) in [5.41, 5.74) is 3.12. The van der Waals surface area contributed by atoms with Gasteiger partial charge in [-0.2, -0.15) is 0 Å². The van der Waals surface area contributed by atoms with E-state index in [-0.39, 0.29) is 0 Å². The standard InChI is InChI=1S/C9H7NO/c11-6-7-3-8-1-2-10-5-9(8)4-7/h1-3,5-6H,4H2. The fraction of sp³-hybridized carbons (Fsp3) is 0.111. The second-order valence-corrected chi connectivity index (χ2v) is 2.59. The third-order valence-corrected chi connectivity index (χ3v) is 1.83. The van der Waals surface area contributed by atoms with E-state index in [9.17, 15) is 4.79 Å². The van der Waals surface area contributed by atoms with E-state index in [4.69, 9.17) is 0 Å². The molecule has 2 nitrogen and oxygen atoms in total. The van der Waals surface area contributed by atoms with E-state index in [0.717, 1.165) is 29.4 Å². The van der Waals surface area contributed by atoms with Gasteiger partial charge in [0.05, 0.1) is 0 Å². The minimum atomic E-state index is 0.743. The topological polar surface area (TPSA) is 30.0 Å². The van der Waals surface area contributed by atoms with Crippen LogP contribution in [0.3, 0.4) is 0 Å². The normalized spacial score (nSPS) is 14.0. The molecule has 0 radical (unpaired) electrons. The molecule has 1 aliphatic rings. The number of hydrogen-bond acceptors (Lipinski definition) is 2. The first kappa shape index (κ1) is 6.28. The Kier molecular flexibility index (Phi) is 1.32. The molecule has 0 aliphatic heterocycles. The van der Waals surface area contributed by atoms with Crippen molar-refractivity contribution in [2.45, 2.75) is 6.42 Å². The van der Waals surface area contributed by atoms with Crippen LogP contribution in [0, 0.1) is 0 Å². The molecular weight excluding hydrogens is 138 g/mol. The number of rotatable bonds is 1. The summed E-state index contributed by atoms with van der Waals surface area (Å²) in [4.78, 5) is 14.4. The zero-order valence-electron chi connectivity index (χ0n) is 5.95. The van der Waals surface area contributed by atoms with Gasteiger partial charge < -0.3 is 0 Å². The predicted octanol–water partition coefficient (Wildman–Crippen LogP) is 1.22. The van der Waals surface area contributed by atoms with Crippen molar-refractivity contribution in [1.29, 1.82) is 0 Å². The van der Waals surface area contributed by atoms with Crippen molar-refractivity contribution in [3.63, 3.8) is 0 Å². The summed E-state index contributed by atoms with van der Waals surface area (Å²) in [5, 5.41) is 0. The number of aldehydes is 1. The van der Waals surface area contributed by atoms with Crippen LogP contribution in [0.1, 0.15) is 11.1 Å². The number of pyridine rings is 1. The summed E-state index contributed by atoms with van der Waals surface area (Å²) in [5.74, 6) is 0. The van der Waals surface area contributed by atoms with E-state index >= 15 is 0 Å². The number of allylic oxidation sites excluding steroid dienone is 1. The van der Waals surface area contributed by atoms with Crippen molar-refractivity contribution in [3.8, 4) is 0 Å². The van der Waals surface area contributed by atoms with Crippen LogP contribution < -0.4 is 0 Å². The van der Waals surface area contributed by atoms with E-state index < -0.39 is 0 Å². The monoisotopic (exact) mass is 145 g/mol. The Morgan fingerprint density at radius 3 is 3.18 bits per heavy atom. The van der Waals surface area contributed by atoms with Crippen LogP contribution in [0.25, 0.3) is 6.08 Å². The molecule has 0 amide bonds. The molecule has 0 unspecified atom stereocenters. The molecule has 1 aromatic heterocycles. The maximum absolute atomic E-state index is 10.4. The largest absolute Gasteiger partial charge is 0.298 e. The van der Waals surface area contributed by atoms with E-state index in [1.165, 1.54) is 0 Å². The van der Waals surface area contributed by atoms with E-state index in [0.29, 0.717) is 0 Å². The average Bonchev–Trinajstić information content (AvgIpc) is 2.46. The summed E-state index contributed by atoms with van der Waals surface area (Å²) in [7, 11) is 0. The van der Waals surface area contributed by atoms with Gasteiger partial charge >= 0.3 is 0 Å². The first-order valence-corrected chi connectivity index (χ1v) is 3.49. The van der Waals surface area contributed by atoms with E-state index in [1.54, 1.807) is 6.20 Å². The zero-order chi connectivity index (χ0) is 7.68. The van der Waals surface area contributed by atoms with E-state index in [2.05, 4.69) is 4.98 Å². The van der Waals surface area contributed by atoms with Crippen LogP contribution in [0.15, 0.2) is 24.0 Å². The quantitative estimate of drug-likeness (QED) is 0.556. The molecule has 0 saturated heterocycles. The fourth-order valence-electron chi connectivity index (χ4n) is 1.27. The third-order valence-electron chi connectivity index (χ3n) is 1.83. The highest BCUT2D eigenvalue weighted by atomic mass is 16.1. The summed E-state index contributed by atoms with van der Waals surface area (Å²) in [6.07, 6.45) is 7.10. The van der Waals surface area contributed by atoms with Gasteiger partial charge in [-0.05, 0) is 28.8 Å². The molecule has 54 valence electrons. The highest BCUT2D eigenvalue weighted by molar-refractivity contribution is 5.86. The Hall–Kier alpha value is -1.44. The van der Waals surface area contributed by atoms with Crippen LogP contribution in [0.4, 0.5) is 0 Å². The highest BCUT2D eigenvalue weighted by Gasteiger charge is 2.10. The minimum absolute atomic E-state index is 0.743. The van der Waals surface area contributed by atoms with Crippen molar-refractivity contribution < 1.29 is 4.79 Å². The molecule has 2 rings (SSSR count). The van der Waals surface area contributed by atoms with E-state index in [1.807, 2.05) is 18.3 Å². The van der Waals surface area contributed by atoms with Gasteiger partial charge in [0.15, 0.2) is 0 Å². The molecule has 1 aromatic rings. The Morgan fingerprint density at radius 2 is 2.45 bits per heavy atom.